The largest absolute Gasteiger partial charge is 0.399 e. The van der Waals surface area contributed by atoms with Crippen molar-refractivity contribution in [1.82, 2.24) is 0 Å². The lowest BCUT2D eigenvalue weighted by atomic mass is 9.89. The number of nitrogen functional groups attached to an aromatic ring is 1. The normalized spacial score (nSPS) is 17.7. The number of nitrogens with two attached hydrogens (primary N) is 1. The summed E-state index contributed by atoms with van der Waals surface area (Å²) in [7, 11) is 0. The van der Waals surface area contributed by atoms with Crippen LogP contribution in [-0.2, 0) is 4.79 Å². The second-order valence-corrected chi connectivity index (χ2v) is 8.26. The average Bonchev–Trinajstić information content (AvgIpc) is 2.75. The highest BCUT2D eigenvalue weighted by Gasteiger charge is 2.38. The Hall–Kier alpha value is -3.31. The molecule has 3 aromatic rings. The van der Waals surface area contributed by atoms with Gasteiger partial charge >= 0.3 is 0 Å². The minimum atomic E-state index is -0.194. The SMILES string of the molecule is CC(=O)N(c1ccc(Cl)cc1)C1CC(C)N(C(=O)c2ccc(N)cc2)c2ccccc21. The van der Waals surface area contributed by atoms with E-state index >= 15 is 0 Å². The molecule has 0 aromatic heterocycles. The third-order valence-electron chi connectivity index (χ3n) is 5.69. The molecule has 0 bridgehead atoms. The number of amides is 2. The lowest BCUT2D eigenvalue weighted by Crippen LogP contribution is -2.47. The van der Waals surface area contributed by atoms with Crippen molar-refractivity contribution in [3.05, 3.63) is 88.9 Å². The first-order valence-electron chi connectivity index (χ1n) is 10.2. The third kappa shape index (κ3) is 4.01. The molecular formula is C25H24ClN3O2. The molecule has 2 atom stereocenters. The zero-order chi connectivity index (χ0) is 22.1. The van der Waals surface area contributed by atoms with Gasteiger partial charge in [-0.1, -0.05) is 29.8 Å². The van der Waals surface area contributed by atoms with Crippen molar-refractivity contribution in [1.29, 1.82) is 0 Å². The molecule has 2 amide bonds. The molecule has 1 heterocycles. The number of benzene rings is 3. The van der Waals surface area contributed by atoms with Crippen molar-refractivity contribution < 1.29 is 9.59 Å². The number of carbonyl (C=O) groups is 2. The molecule has 6 heteroatoms. The Balaban J connectivity index is 1.77. The van der Waals surface area contributed by atoms with Crippen LogP contribution in [-0.4, -0.2) is 17.9 Å². The first-order valence-corrected chi connectivity index (χ1v) is 10.6. The van der Waals surface area contributed by atoms with E-state index in [4.69, 9.17) is 17.3 Å². The zero-order valence-corrected chi connectivity index (χ0v) is 18.2. The standard InChI is InChI=1S/C25H24ClN3O2/c1-16-15-24(29(17(2)30)21-13-9-19(26)10-14-21)22-5-3-4-6-23(22)28(16)25(31)18-7-11-20(27)12-8-18/h3-14,16,24H,15,27H2,1-2H3. The van der Waals surface area contributed by atoms with Crippen LogP contribution in [0.25, 0.3) is 0 Å². The number of carbonyl (C=O) groups excluding carboxylic acids is 2. The molecule has 2 unspecified atom stereocenters. The maximum Gasteiger partial charge on any atom is 0.258 e. The van der Waals surface area contributed by atoms with Crippen molar-refractivity contribution in [2.45, 2.75) is 32.4 Å². The fourth-order valence-corrected chi connectivity index (χ4v) is 4.41. The molecule has 2 N–H and O–H groups in total. The number of para-hydroxylation sites is 1. The zero-order valence-electron chi connectivity index (χ0n) is 17.5. The molecule has 0 radical (unpaired) electrons. The summed E-state index contributed by atoms with van der Waals surface area (Å²) in [5.41, 5.74) is 9.51. The maximum atomic E-state index is 13.4. The summed E-state index contributed by atoms with van der Waals surface area (Å²) in [6.07, 6.45) is 0.611. The van der Waals surface area contributed by atoms with E-state index in [9.17, 15) is 9.59 Å². The molecular weight excluding hydrogens is 410 g/mol. The van der Waals surface area contributed by atoms with E-state index in [2.05, 4.69) is 0 Å². The Bertz CT molecular complexity index is 1110. The highest BCUT2D eigenvalue weighted by atomic mass is 35.5. The maximum absolute atomic E-state index is 13.4. The fraction of sp³-hybridized carbons (Fsp3) is 0.200. The van der Waals surface area contributed by atoms with Crippen LogP contribution in [0.2, 0.25) is 5.02 Å². The van der Waals surface area contributed by atoms with Gasteiger partial charge in [0.1, 0.15) is 0 Å². The molecule has 4 rings (SSSR count). The smallest absolute Gasteiger partial charge is 0.258 e. The van der Waals surface area contributed by atoms with Gasteiger partial charge in [0.2, 0.25) is 5.91 Å². The van der Waals surface area contributed by atoms with Gasteiger partial charge in [-0.15, -0.1) is 0 Å². The highest BCUT2D eigenvalue weighted by Crippen LogP contribution is 2.42. The van der Waals surface area contributed by atoms with E-state index in [1.54, 1.807) is 48.2 Å². The van der Waals surface area contributed by atoms with Crippen LogP contribution in [0, 0.1) is 0 Å². The summed E-state index contributed by atoms with van der Waals surface area (Å²) in [4.78, 5) is 29.7. The quantitative estimate of drug-likeness (QED) is 0.558. The summed E-state index contributed by atoms with van der Waals surface area (Å²) in [5.74, 6) is -0.146. The van der Waals surface area contributed by atoms with Crippen LogP contribution >= 0.6 is 11.6 Å². The van der Waals surface area contributed by atoms with Gasteiger partial charge in [0, 0.05) is 40.6 Å². The van der Waals surface area contributed by atoms with E-state index in [-0.39, 0.29) is 23.9 Å². The monoisotopic (exact) mass is 433 g/mol. The predicted octanol–water partition coefficient (Wildman–Crippen LogP) is 5.46. The molecule has 3 aromatic carbocycles. The Labute approximate surface area is 187 Å². The number of nitrogens with zero attached hydrogens (tertiary/aromatic N) is 2. The second-order valence-electron chi connectivity index (χ2n) is 7.82. The summed E-state index contributed by atoms with van der Waals surface area (Å²) in [6.45, 7) is 3.58. The number of hydrogen-bond acceptors (Lipinski definition) is 3. The Morgan fingerprint density at radius 1 is 1.00 bits per heavy atom. The number of halogens is 1. The first kappa shape index (κ1) is 20.9. The molecule has 158 valence electrons. The summed E-state index contributed by atoms with van der Waals surface area (Å²) in [5, 5.41) is 0.616. The first-order chi connectivity index (χ1) is 14.9. The topological polar surface area (TPSA) is 66.6 Å². The predicted molar refractivity (Wildman–Crippen MR) is 126 cm³/mol. The van der Waals surface area contributed by atoms with Crippen LogP contribution in [0.4, 0.5) is 17.1 Å². The number of hydrogen-bond donors (Lipinski definition) is 1. The van der Waals surface area contributed by atoms with Gasteiger partial charge in [0.15, 0.2) is 0 Å². The van der Waals surface area contributed by atoms with Gasteiger partial charge in [-0.3, -0.25) is 9.59 Å². The van der Waals surface area contributed by atoms with Gasteiger partial charge in [0.25, 0.3) is 5.91 Å². The summed E-state index contributed by atoms with van der Waals surface area (Å²) < 4.78 is 0. The van der Waals surface area contributed by atoms with Crippen molar-refractivity contribution in [3.8, 4) is 0 Å². The van der Waals surface area contributed by atoms with Crippen molar-refractivity contribution in [2.24, 2.45) is 0 Å². The molecule has 0 saturated carbocycles. The Morgan fingerprint density at radius 3 is 2.29 bits per heavy atom. The number of fused-ring (bicyclic) bond motifs is 1. The van der Waals surface area contributed by atoms with Gasteiger partial charge in [0.05, 0.1) is 6.04 Å². The van der Waals surface area contributed by atoms with E-state index in [1.807, 2.05) is 48.2 Å². The van der Waals surface area contributed by atoms with Gasteiger partial charge in [-0.05, 0) is 73.5 Å². The van der Waals surface area contributed by atoms with Crippen LogP contribution < -0.4 is 15.5 Å². The Kier molecular flexibility index (Phi) is 5.70. The van der Waals surface area contributed by atoms with E-state index < -0.39 is 0 Å². The summed E-state index contributed by atoms with van der Waals surface area (Å²) in [6, 6.07) is 21.7. The van der Waals surface area contributed by atoms with Gasteiger partial charge in [-0.25, -0.2) is 0 Å². The number of rotatable bonds is 3. The van der Waals surface area contributed by atoms with Crippen LogP contribution in [0.15, 0.2) is 72.8 Å². The molecule has 0 fully saturated rings. The van der Waals surface area contributed by atoms with E-state index in [0.717, 1.165) is 16.9 Å². The molecule has 1 aliphatic heterocycles. The number of anilines is 3. The minimum absolute atomic E-state index is 0.0624. The van der Waals surface area contributed by atoms with Crippen LogP contribution in [0.5, 0.6) is 0 Å². The van der Waals surface area contributed by atoms with Gasteiger partial charge in [-0.2, -0.15) is 0 Å². The molecule has 5 nitrogen and oxygen atoms in total. The van der Waals surface area contributed by atoms with E-state index in [0.29, 0.717) is 22.7 Å². The Morgan fingerprint density at radius 2 is 1.65 bits per heavy atom. The molecule has 0 saturated heterocycles. The van der Waals surface area contributed by atoms with Gasteiger partial charge < -0.3 is 15.5 Å². The van der Waals surface area contributed by atoms with Crippen molar-refractivity contribution >= 4 is 40.5 Å². The third-order valence-corrected chi connectivity index (χ3v) is 5.94. The van der Waals surface area contributed by atoms with Crippen LogP contribution in [0.1, 0.15) is 42.2 Å². The molecule has 31 heavy (non-hydrogen) atoms. The lowest BCUT2D eigenvalue weighted by molar-refractivity contribution is -0.117. The lowest BCUT2D eigenvalue weighted by Gasteiger charge is -2.43. The van der Waals surface area contributed by atoms with Crippen LogP contribution in [0.3, 0.4) is 0 Å². The second kappa shape index (κ2) is 8.44. The minimum Gasteiger partial charge on any atom is -0.399 e. The fourth-order valence-electron chi connectivity index (χ4n) is 4.28. The van der Waals surface area contributed by atoms with E-state index in [1.165, 1.54) is 0 Å². The van der Waals surface area contributed by atoms with Crippen molar-refractivity contribution in [3.63, 3.8) is 0 Å². The summed E-state index contributed by atoms with van der Waals surface area (Å²) >= 11 is 6.05. The molecule has 1 aliphatic rings. The molecule has 0 spiro atoms. The molecule has 0 aliphatic carbocycles. The average molecular weight is 434 g/mol. The van der Waals surface area contributed by atoms with Crippen molar-refractivity contribution in [2.75, 3.05) is 15.5 Å². The highest BCUT2D eigenvalue weighted by molar-refractivity contribution is 6.30.